The van der Waals surface area contributed by atoms with Crippen LogP contribution >= 0.6 is 0 Å². The Labute approximate surface area is 127 Å². The summed E-state index contributed by atoms with van der Waals surface area (Å²) in [7, 11) is 0. The molecule has 0 heterocycles. The maximum Gasteiger partial charge on any atom is 0.191 e. The molecule has 1 aliphatic carbocycles. The molecule has 3 N–H and O–H groups in total. The number of guanidine groups is 1. The molecule has 21 heavy (non-hydrogen) atoms. The fourth-order valence-corrected chi connectivity index (χ4v) is 2.68. The molecule has 1 saturated carbocycles. The molecular formula is C17H27N3O. The van der Waals surface area contributed by atoms with E-state index in [0.717, 1.165) is 51.2 Å². The highest BCUT2D eigenvalue weighted by Gasteiger charge is 2.19. The van der Waals surface area contributed by atoms with E-state index < -0.39 is 0 Å². The quantitative estimate of drug-likeness (QED) is 0.574. The standard InChI is InChI=1S/C17H27N3O/c1-2-18-17(20-15-8-10-16(21)11-9-15)19-13-12-14-6-4-3-5-7-14/h3-7,15-16,21H,2,8-13H2,1H3,(H2,18,19,20). The van der Waals surface area contributed by atoms with Crippen LogP contribution in [0.15, 0.2) is 35.3 Å². The van der Waals surface area contributed by atoms with Crippen molar-refractivity contribution in [1.82, 2.24) is 10.6 Å². The van der Waals surface area contributed by atoms with E-state index in [1.807, 2.05) is 6.07 Å². The predicted molar refractivity (Wildman–Crippen MR) is 87.5 cm³/mol. The van der Waals surface area contributed by atoms with Gasteiger partial charge in [0.2, 0.25) is 0 Å². The zero-order valence-corrected chi connectivity index (χ0v) is 12.9. The number of aliphatic hydroxyl groups excluding tert-OH is 1. The third kappa shape index (κ3) is 5.76. The molecule has 0 spiro atoms. The van der Waals surface area contributed by atoms with E-state index in [0.29, 0.717) is 6.04 Å². The van der Waals surface area contributed by atoms with Crippen LogP contribution in [-0.4, -0.2) is 36.3 Å². The van der Waals surface area contributed by atoms with Crippen molar-refractivity contribution in [2.24, 2.45) is 4.99 Å². The largest absolute Gasteiger partial charge is 0.393 e. The molecule has 0 bridgehead atoms. The van der Waals surface area contributed by atoms with E-state index in [2.05, 4.69) is 46.8 Å². The topological polar surface area (TPSA) is 56.7 Å². The minimum Gasteiger partial charge on any atom is -0.393 e. The Bertz CT molecular complexity index is 425. The van der Waals surface area contributed by atoms with Crippen molar-refractivity contribution in [2.45, 2.75) is 51.2 Å². The lowest BCUT2D eigenvalue weighted by Crippen LogP contribution is -2.45. The van der Waals surface area contributed by atoms with Gasteiger partial charge in [-0.05, 0) is 44.6 Å². The van der Waals surface area contributed by atoms with Crippen molar-refractivity contribution in [3.63, 3.8) is 0 Å². The number of hydrogen-bond acceptors (Lipinski definition) is 2. The first-order chi connectivity index (χ1) is 10.3. The Balaban J connectivity index is 1.81. The molecule has 1 aliphatic rings. The smallest absolute Gasteiger partial charge is 0.191 e. The van der Waals surface area contributed by atoms with Crippen LogP contribution in [0, 0.1) is 0 Å². The molecule has 116 valence electrons. The van der Waals surface area contributed by atoms with Gasteiger partial charge in [0.25, 0.3) is 0 Å². The van der Waals surface area contributed by atoms with Gasteiger partial charge in [-0.25, -0.2) is 0 Å². The number of hydrogen-bond donors (Lipinski definition) is 3. The monoisotopic (exact) mass is 289 g/mol. The lowest BCUT2D eigenvalue weighted by atomic mass is 9.93. The Kier molecular flexibility index (Phi) is 6.54. The number of aliphatic imine (C=N–C) groups is 1. The second kappa shape index (κ2) is 8.67. The second-order valence-electron chi connectivity index (χ2n) is 5.65. The molecular weight excluding hydrogens is 262 g/mol. The minimum absolute atomic E-state index is 0.111. The maximum atomic E-state index is 9.56. The summed E-state index contributed by atoms with van der Waals surface area (Å²) >= 11 is 0. The first-order valence-corrected chi connectivity index (χ1v) is 8.04. The molecule has 0 atom stereocenters. The van der Waals surface area contributed by atoms with E-state index in [-0.39, 0.29) is 6.10 Å². The molecule has 1 fully saturated rings. The van der Waals surface area contributed by atoms with Crippen molar-refractivity contribution < 1.29 is 5.11 Å². The third-order valence-electron chi connectivity index (χ3n) is 3.89. The van der Waals surface area contributed by atoms with Crippen LogP contribution in [0.2, 0.25) is 0 Å². The Morgan fingerprint density at radius 3 is 2.57 bits per heavy atom. The van der Waals surface area contributed by atoms with E-state index >= 15 is 0 Å². The van der Waals surface area contributed by atoms with Gasteiger partial charge in [0.05, 0.1) is 6.10 Å². The summed E-state index contributed by atoms with van der Waals surface area (Å²) in [6.45, 7) is 3.74. The lowest BCUT2D eigenvalue weighted by molar-refractivity contribution is 0.120. The van der Waals surface area contributed by atoms with E-state index in [1.54, 1.807) is 0 Å². The number of rotatable bonds is 5. The Morgan fingerprint density at radius 2 is 1.90 bits per heavy atom. The highest BCUT2D eigenvalue weighted by molar-refractivity contribution is 5.80. The van der Waals surface area contributed by atoms with Crippen molar-refractivity contribution in [2.75, 3.05) is 13.1 Å². The summed E-state index contributed by atoms with van der Waals surface area (Å²) in [5, 5.41) is 16.4. The molecule has 0 aromatic heterocycles. The van der Waals surface area contributed by atoms with Crippen molar-refractivity contribution in [1.29, 1.82) is 0 Å². The third-order valence-corrected chi connectivity index (χ3v) is 3.89. The second-order valence-corrected chi connectivity index (χ2v) is 5.65. The van der Waals surface area contributed by atoms with Crippen LogP contribution in [0.4, 0.5) is 0 Å². The molecule has 4 nitrogen and oxygen atoms in total. The van der Waals surface area contributed by atoms with Gasteiger partial charge in [0.15, 0.2) is 5.96 Å². The summed E-state index contributed by atoms with van der Waals surface area (Å²) in [6.07, 6.45) is 4.66. The average molecular weight is 289 g/mol. The van der Waals surface area contributed by atoms with Gasteiger partial charge in [0, 0.05) is 19.1 Å². The SMILES string of the molecule is CCNC(=NCCc1ccccc1)NC1CCC(O)CC1. The van der Waals surface area contributed by atoms with Gasteiger partial charge >= 0.3 is 0 Å². The molecule has 2 rings (SSSR count). The van der Waals surface area contributed by atoms with Gasteiger partial charge in [-0.15, -0.1) is 0 Å². The number of nitrogens with one attached hydrogen (secondary N) is 2. The molecule has 1 aromatic carbocycles. The first-order valence-electron chi connectivity index (χ1n) is 8.04. The van der Waals surface area contributed by atoms with Crippen LogP contribution in [0.1, 0.15) is 38.2 Å². The molecule has 0 radical (unpaired) electrons. The summed E-state index contributed by atoms with van der Waals surface area (Å²) in [4.78, 5) is 4.65. The van der Waals surface area contributed by atoms with Crippen LogP contribution in [-0.2, 0) is 6.42 Å². The number of nitrogens with zero attached hydrogens (tertiary/aromatic N) is 1. The molecule has 0 unspecified atom stereocenters. The van der Waals surface area contributed by atoms with Crippen molar-refractivity contribution in [3.8, 4) is 0 Å². The Hall–Kier alpha value is -1.55. The molecule has 4 heteroatoms. The van der Waals surface area contributed by atoms with Crippen LogP contribution in [0.25, 0.3) is 0 Å². The van der Waals surface area contributed by atoms with E-state index in [1.165, 1.54) is 5.56 Å². The van der Waals surface area contributed by atoms with Crippen LogP contribution in [0.3, 0.4) is 0 Å². The van der Waals surface area contributed by atoms with E-state index in [9.17, 15) is 5.11 Å². The summed E-state index contributed by atoms with van der Waals surface area (Å²) in [6, 6.07) is 10.9. The van der Waals surface area contributed by atoms with Crippen molar-refractivity contribution >= 4 is 5.96 Å². The molecule has 0 saturated heterocycles. The average Bonchev–Trinajstić information content (AvgIpc) is 2.51. The number of aliphatic hydroxyl groups is 1. The fraction of sp³-hybridized carbons (Fsp3) is 0.588. The zero-order chi connectivity index (χ0) is 14.9. The van der Waals surface area contributed by atoms with Gasteiger partial charge in [-0.3, -0.25) is 4.99 Å². The summed E-state index contributed by atoms with van der Waals surface area (Å²) < 4.78 is 0. The summed E-state index contributed by atoms with van der Waals surface area (Å²) in [5.74, 6) is 0.898. The van der Waals surface area contributed by atoms with Crippen LogP contribution in [0.5, 0.6) is 0 Å². The van der Waals surface area contributed by atoms with Gasteiger partial charge in [0.1, 0.15) is 0 Å². The zero-order valence-electron chi connectivity index (χ0n) is 12.9. The maximum absolute atomic E-state index is 9.56. The first kappa shape index (κ1) is 15.8. The molecule has 0 aliphatic heterocycles. The Morgan fingerprint density at radius 1 is 1.19 bits per heavy atom. The highest BCUT2D eigenvalue weighted by atomic mass is 16.3. The van der Waals surface area contributed by atoms with Gasteiger partial charge in [-0.2, -0.15) is 0 Å². The predicted octanol–water partition coefficient (Wildman–Crippen LogP) is 2.09. The minimum atomic E-state index is -0.111. The van der Waals surface area contributed by atoms with E-state index in [4.69, 9.17) is 0 Å². The molecule has 0 amide bonds. The van der Waals surface area contributed by atoms with Gasteiger partial charge < -0.3 is 15.7 Å². The normalized spacial score (nSPS) is 22.9. The fourth-order valence-electron chi connectivity index (χ4n) is 2.68. The number of benzene rings is 1. The molecule has 1 aromatic rings. The highest BCUT2D eigenvalue weighted by Crippen LogP contribution is 2.18. The van der Waals surface area contributed by atoms with Crippen molar-refractivity contribution in [3.05, 3.63) is 35.9 Å². The van der Waals surface area contributed by atoms with Gasteiger partial charge in [-0.1, -0.05) is 30.3 Å². The lowest BCUT2D eigenvalue weighted by Gasteiger charge is -2.27. The summed E-state index contributed by atoms with van der Waals surface area (Å²) in [5.41, 5.74) is 1.32. The van der Waals surface area contributed by atoms with Crippen LogP contribution < -0.4 is 10.6 Å².